The summed E-state index contributed by atoms with van der Waals surface area (Å²) in [6, 6.07) is 0.297. The molecule has 0 spiro atoms. The van der Waals surface area contributed by atoms with Crippen molar-refractivity contribution in [3.63, 3.8) is 0 Å². The summed E-state index contributed by atoms with van der Waals surface area (Å²) in [6.45, 7) is 4.66. The smallest absolute Gasteiger partial charge is 0.271 e. The summed E-state index contributed by atoms with van der Waals surface area (Å²) < 4.78 is 0. The average Bonchev–Trinajstić information content (AvgIpc) is 2.23. The number of aromatic amines is 1. The van der Waals surface area contributed by atoms with Gasteiger partial charge in [-0.2, -0.15) is 0 Å². The maximum atomic E-state index is 11.3. The van der Waals surface area contributed by atoms with E-state index in [-0.39, 0.29) is 10.6 Å². The number of H-pyrrole nitrogens is 1. The molecule has 1 aromatic rings. The molecule has 6 heteroatoms. The number of piperazine rings is 1. The molecule has 1 saturated heterocycles. The van der Waals surface area contributed by atoms with Gasteiger partial charge in [-0.15, -0.1) is 0 Å². The van der Waals surface area contributed by atoms with Gasteiger partial charge in [-0.1, -0.05) is 11.6 Å². The van der Waals surface area contributed by atoms with Crippen molar-refractivity contribution >= 4 is 17.4 Å². The normalized spacial score (nSPS) is 21.7. The Hall–Kier alpha value is -1.07. The van der Waals surface area contributed by atoms with Gasteiger partial charge in [0.25, 0.3) is 5.56 Å². The number of anilines is 1. The van der Waals surface area contributed by atoms with Crippen molar-refractivity contribution in [2.24, 2.45) is 0 Å². The molecule has 0 bridgehead atoms. The Morgan fingerprint density at radius 3 is 3.20 bits per heavy atom. The van der Waals surface area contributed by atoms with Gasteiger partial charge >= 0.3 is 0 Å². The summed E-state index contributed by atoms with van der Waals surface area (Å²) in [4.78, 5) is 19.9. The van der Waals surface area contributed by atoms with Gasteiger partial charge in [0.05, 0.1) is 6.33 Å². The van der Waals surface area contributed by atoms with Crippen LogP contribution >= 0.6 is 11.6 Å². The fourth-order valence-electron chi connectivity index (χ4n) is 1.73. The maximum absolute atomic E-state index is 11.3. The topological polar surface area (TPSA) is 61.0 Å². The van der Waals surface area contributed by atoms with E-state index in [9.17, 15) is 4.79 Å². The molecule has 0 aliphatic carbocycles. The fourth-order valence-corrected chi connectivity index (χ4v) is 1.94. The largest absolute Gasteiger partial charge is 0.350 e. The highest BCUT2D eigenvalue weighted by Crippen LogP contribution is 2.20. The lowest BCUT2D eigenvalue weighted by molar-refractivity contribution is 0.497. The number of hydrogen-bond acceptors (Lipinski definition) is 4. The molecule has 2 heterocycles. The van der Waals surface area contributed by atoms with Crippen molar-refractivity contribution in [1.29, 1.82) is 0 Å². The third-order valence-corrected chi connectivity index (χ3v) is 2.89. The van der Waals surface area contributed by atoms with Gasteiger partial charge in [0.1, 0.15) is 5.02 Å². The van der Waals surface area contributed by atoms with Crippen LogP contribution in [0.4, 0.5) is 5.82 Å². The Morgan fingerprint density at radius 1 is 1.67 bits per heavy atom. The summed E-state index contributed by atoms with van der Waals surface area (Å²) >= 11 is 5.92. The quantitative estimate of drug-likeness (QED) is 0.722. The number of halogens is 1. The zero-order valence-electron chi connectivity index (χ0n) is 8.46. The van der Waals surface area contributed by atoms with E-state index in [4.69, 9.17) is 11.6 Å². The lowest BCUT2D eigenvalue weighted by atomic mass is 10.2. The number of nitrogens with one attached hydrogen (secondary N) is 2. The summed E-state index contributed by atoms with van der Waals surface area (Å²) in [5, 5.41) is 3.44. The van der Waals surface area contributed by atoms with Crippen LogP contribution in [0, 0.1) is 0 Å². The second-order valence-corrected chi connectivity index (χ2v) is 3.99. The molecule has 1 atom stereocenters. The van der Waals surface area contributed by atoms with Gasteiger partial charge in [0, 0.05) is 25.7 Å². The molecule has 0 radical (unpaired) electrons. The Bertz CT molecular complexity index is 405. The second kappa shape index (κ2) is 4.20. The first-order chi connectivity index (χ1) is 7.20. The molecule has 0 amide bonds. The van der Waals surface area contributed by atoms with E-state index in [1.807, 2.05) is 4.90 Å². The monoisotopic (exact) mass is 228 g/mol. The predicted molar refractivity (Wildman–Crippen MR) is 59.5 cm³/mol. The van der Waals surface area contributed by atoms with E-state index in [1.165, 1.54) is 6.33 Å². The van der Waals surface area contributed by atoms with Crippen molar-refractivity contribution in [3.8, 4) is 0 Å². The molecule has 82 valence electrons. The highest BCUT2D eigenvalue weighted by molar-refractivity contribution is 6.32. The highest BCUT2D eigenvalue weighted by atomic mass is 35.5. The number of nitrogens with zero attached hydrogens (tertiary/aromatic N) is 2. The van der Waals surface area contributed by atoms with Crippen molar-refractivity contribution in [3.05, 3.63) is 21.7 Å². The summed E-state index contributed by atoms with van der Waals surface area (Å²) in [5.74, 6) is 0.578. The van der Waals surface area contributed by atoms with Crippen LogP contribution < -0.4 is 15.8 Å². The zero-order chi connectivity index (χ0) is 10.8. The van der Waals surface area contributed by atoms with E-state index >= 15 is 0 Å². The van der Waals surface area contributed by atoms with Gasteiger partial charge in [-0.05, 0) is 6.92 Å². The first kappa shape index (κ1) is 10.4. The van der Waals surface area contributed by atoms with E-state index in [0.29, 0.717) is 11.9 Å². The molecule has 1 aliphatic rings. The molecule has 5 nitrogen and oxygen atoms in total. The molecular formula is C9H13ClN4O. The maximum Gasteiger partial charge on any atom is 0.271 e. The predicted octanol–water partition coefficient (Wildman–Crippen LogP) is 0.221. The lowest BCUT2D eigenvalue weighted by Gasteiger charge is -2.34. The third-order valence-electron chi connectivity index (χ3n) is 2.55. The average molecular weight is 229 g/mol. The minimum Gasteiger partial charge on any atom is -0.350 e. The molecule has 1 aromatic heterocycles. The van der Waals surface area contributed by atoms with Crippen molar-refractivity contribution in [2.75, 3.05) is 24.5 Å². The van der Waals surface area contributed by atoms with Gasteiger partial charge < -0.3 is 15.2 Å². The number of hydrogen-bond donors (Lipinski definition) is 2. The Balaban J connectivity index is 2.35. The van der Waals surface area contributed by atoms with Crippen LogP contribution in [0.1, 0.15) is 6.92 Å². The van der Waals surface area contributed by atoms with Crippen LogP contribution in [0.25, 0.3) is 0 Å². The van der Waals surface area contributed by atoms with E-state index in [0.717, 1.165) is 19.6 Å². The molecule has 0 aromatic carbocycles. The Labute approximate surface area is 92.5 Å². The fraction of sp³-hybridized carbons (Fsp3) is 0.556. The van der Waals surface area contributed by atoms with E-state index < -0.39 is 0 Å². The van der Waals surface area contributed by atoms with Gasteiger partial charge in [-0.25, -0.2) is 4.98 Å². The zero-order valence-corrected chi connectivity index (χ0v) is 9.21. The van der Waals surface area contributed by atoms with E-state index in [1.54, 1.807) is 0 Å². The Morgan fingerprint density at radius 2 is 2.47 bits per heavy atom. The van der Waals surface area contributed by atoms with Gasteiger partial charge in [0.2, 0.25) is 0 Å². The van der Waals surface area contributed by atoms with Crippen LogP contribution in [0.3, 0.4) is 0 Å². The van der Waals surface area contributed by atoms with Crippen molar-refractivity contribution in [2.45, 2.75) is 13.0 Å². The summed E-state index contributed by atoms with van der Waals surface area (Å²) in [6.07, 6.45) is 1.39. The minimum absolute atomic E-state index is 0.172. The lowest BCUT2D eigenvalue weighted by Crippen LogP contribution is -2.50. The molecule has 1 fully saturated rings. The van der Waals surface area contributed by atoms with Gasteiger partial charge in [0.15, 0.2) is 5.82 Å². The summed E-state index contributed by atoms with van der Waals surface area (Å²) in [7, 11) is 0. The molecule has 2 N–H and O–H groups in total. The molecule has 0 saturated carbocycles. The van der Waals surface area contributed by atoms with E-state index in [2.05, 4.69) is 22.2 Å². The third kappa shape index (κ3) is 1.98. The van der Waals surface area contributed by atoms with Crippen LogP contribution in [0.5, 0.6) is 0 Å². The van der Waals surface area contributed by atoms with Crippen LogP contribution in [0.2, 0.25) is 5.02 Å². The highest BCUT2D eigenvalue weighted by Gasteiger charge is 2.22. The first-order valence-electron chi connectivity index (χ1n) is 4.90. The summed E-state index contributed by atoms with van der Waals surface area (Å²) in [5.41, 5.74) is -0.285. The number of aromatic nitrogens is 2. The SMILES string of the molecule is CC1CNCCN1c1nc[nH]c(=O)c1Cl. The van der Waals surface area contributed by atoms with Crippen LogP contribution in [-0.4, -0.2) is 35.6 Å². The molecular weight excluding hydrogens is 216 g/mol. The minimum atomic E-state index is -0.285. The standard InChI is InChI=1S/C9H13ClN4O/c1-6-4-11-2-3-14(6)8-7(10)9(15)13-5-12-8/h5-6,11H,2-4H2,1H3,(H,12,13,15). The van der Waals surface area contributed by atoms with Crippen LogP contribution in [0.15, 0.2) is 11.1 Å². The Kier molecular flexibility index (Phi) is 2.93. The number of rotatable bonds is 1. The van der Waals surface area contributed by atoms with Crippen LogP contribution in [-0.2, 0) is 0 Å². The molecule has 1 aliphatic heterocycles. The molecule has 2 rings (SSSR count). The first-order valence-corrected chi connectivity index (χ1v) is 5.28. The second-order valence-electron chi connectivity index (χ2n) is 3.62. The van der Waals surface area contributed by atoms with Gasteiger partial charge in [-0.3, -0.25) is 4.79 Å². The molecule has 1 unspecified atom stereocenters. The van der Waals surface area contributed by atoms with Crippen molar-refractivity contribution < 1.29 is 0 Å². The molecule has 15 heavy (non-hydrogen) atoms. The van der Waals surface area contributed by atoms with Crippen molar-refractivity contribution in [1.82, 2.24) is 15.3 Å².